The molecular weight excluding hydrogens is 246 g/mol. The van der Waals surface area contributed by atoms with Crippen molar-refractivity contribution in [3.05, 3.63) is 29.3 Å². The fraction of sp³-hybridized carbons (Fsp3) is 0.429. The molecule has 1 amide bonds. The summed E-state index contributed by atoms with van der Waals surface area (Å²) >= 11 is 0. The van der Waals surface area contributed by atoms with Gasteiger partial charge in [-0.25, -0.2) is 0 Å². The number of nitrogens with one attached hydrogen (secondary N) is 1. The van der Waals surface area contributed by atoms with Crippen molar-refractivity contribution in [1.82, 2.24) is 5.32 Å². The lowest BCUT2D eigenvalue weighted by Crippen LogP contribution is -2.25. The van der Waals surface area contributed by atoms with Gasteiger partial charge >= 0.3 is 5.97 Å². The lowest BCUT2D eigenvalue weighted by Gasteiger charge is -2.09. The summed E-state index contributed by atoms with van der Waals surface area (Å²) in [5.74, 6) is -0.0501. The van der Waals surface area contributed by atoms with Gasteiger partial charge in [0.1, 0.15) is 12.2 Å². The van der Waals surface area contributed by atoms with Crippen molar-refractivity contribution in [1.29, 1.82) is 0 Å². The Labute approximate surface area is 112 Å². The Morgan fingerprint density at radius 3 is 2.63 bits per heavy atom. The molecule has 19 heavy (non-hydrogen) atoms. The van der Waals surface area contributed by atoms with E-state index in [1.54, 1.807) is 0 Å². The first-order chi connectivity index (χ1) is 9.06. The van der Waals surface area contributed by atoms with E-state index in [0.717, 1.165) is 16.9 Å². The average Bonchev–Trinajstić information content (AvgIpc) is 2.39. The zero-order valence-corrected chi connectivity index (χ0v) is 11.5. The van der Waals surface area contributed by atoms with Crippen molar-refractivity contribution in [2.75, 3.05) is 13.7 Å². The van der Waals surface area contributed by atoms with Gasteiger partial charge in [0, 0.05) is 6.54 Å². The summed E-state index contributed by atoms with van der Waals surface area (Å²) in [5.41, 5.74) is 1.97. The number of ether oxygens (including phenoxy) is 2. The first-order valence-corrected chi connectivity index (χ1v) is 6.12. The molecule has 1 N–H and O–H groups in total. The van der Waals surface area contributed by atoms with Crippen LogP contribution in [0.1, 0.15) is 24.5 Å². The van der Waals surface area contributed by atoms with E-state index in [1.807, 2.05) is 32.0 Å². The molecule has 0 aliphatic heterocycles. The van der Waals surface area contributed by atoms with Crippen LogP contribution in [0.15, 0.2) is 18.2 Å². The van der Waals surface area contributed by atoms with Crippen molar-refractivity contribution >= 4 is 11.9 Å². The predicted octanol–water partition coefficient (Wildman–Crippen LogP) is 1.57. The van der Waals surface area contributed by atoms with Crippen LogP contribution in [0.25, 0.3) is 0 Å². The maximum atomic E-state index is 11.4. The van der Waals surface area contributed by atoms with E-state index in [2.05, 4.69) is 10.1 Å². The Kier molecular flexibility index (Phi) is 5.85. The molecule has 0 unspecified atom stereocenters. The normalized spacial score (nSPS) is 9.84. The molecule has 0 fully saturated rings. The Morgan fingerprint density at radius 1 is 1.32 bits per heavy atom. The molecule has 0 saturated heterocycles. The average molecular weight is 265 g/mol. The fourth-order valence-electron chi connectivity index (χ4n) is 1.61. The zero-order valence-electron chi connectivity index (χ0n) is 11.5. The van der Waals surface area contributed by atoms with Gasteiger partial charge in [0.05, 0.1) is 13.7 Å². The third kappa shape index (κ3) is 4.99. The smallest absolute Gasteiger partial charge is 0.315 e. The highest BCUT2D eigenvalue weighted by atomic mass is 16.5. The Bertz CT molecular complexity index is 457. The molecule has 0 aliphatic carbocycles. The summed E-state index contributed by atoms with van der Waals surface area (Å²) < 4.78 is 9.85. The van der Waals surface area contributed by atoms with Crippen molar-refractivity contribution in [2.45, 2.75) is 26.8 Å². The molecule has 0 spiro atoms. The number of esters is 1. The van der Waals surface area contributed by atoms with E-state index in [0.29, 0.717) is 13.2 Å². The summed E-state index contributed by atoms with van der Waals surface area (Å²) in [5, 5.41) is 2.66. The van der Waals surface area contributed by atoms with Crippen LogP contribution in [0.5, 0.6) is 5.75 Å². The molecular formula is C14H19NO4. The topological polar surface area (TPSA) is 64.6 Å². The Morgan fingerprint density at radius 2 is 2.05 bits per heavy atom. The monoisotopic (exact) mass is 265 g/mol. The van der Waals surface area contributed by atoms with E-state index < -0.39 is 5.97 Å². The van der Waals surface area contributed by atoms with Crippen LogP contribution < -0.4 is 10.1 Å². The standard InChI is InChI=1S/C14H19NO4/c1-4-19-12-6-5-11(7-10(12)2)9-15-13(16)8-14(17)18-3/h5-7H,4,8-9H2,1-3H3,(H,15,16). The number of amides is 1. The quantitative estimate of drug-likeness (QED) is 0.626. The van der Waals surface area contributed by atoms with Crippen LogP contribution in [-0.2, 0) is 20.9 Å². The maximum absolute atomic E-state index is 11.4. The Balaban J connectivity index is 2.52. The SMILES string of the molecule is CCOc1ccc(CNC(=O)CC(=O)OC)cc1C. The van der Waals surface area contributed by atoms with Gasteiger partial charge < -0.3 is 14.8 Å². The molecule has 1 aromatic rings. The largest absolute Gasteiger partial charge is 0.494 e. The Hall–Kier alpha value is -2.04. The van der Waals surface area contributed by atoms with Crippen LogP contribution in [0.4, 0.5) is 0 Å². The third-order valence-electron chi connectivity index (χ3n) is 2.56. The maximum Gasteiger partial charge on any atom is 0.315 e. The molecule has 5 heteroatoms. The third-order valence-corrected chi connectivity index (χ3v) is 2.56. The molecule has 1 rings (SSSR count). The lowest BCUT2D eigenvalue weighted by atomic mass is 10.1. The van der Waals surface area contributed by atoms with Crippen LogP contribution in [0.2, 0.25) is 0 Å². The second-order valence-electron chi connectivity index (χ2n) is 4.06. The molecule has 5 nitrogen and oxygen atoms in total. The van der Waals surface area contributed by atoms with E-state index in [-0.39, 0.29) is 12.3 Å². The predicted molar refractivity (Wildman–Crippen MR) is 70.8 cm³/mol. The van der Waals surface area contributed by atoms with E-state index in [4.69, 9.17) is 4.74 Å². The molecule has 0 saturated carbocycles. The number of benzene rings is 1. The first kappa shape index (κ1) is 15.0. The van der Waals surface area contributed by atoms with Crippen LogP contribution in [-0.4, -0.2) is 25.6 Å². The van der Waals surface area contributed by atoms with Crippen molar-refractivity contribution in [2.24, 2.45) is 0 Å². The van der Waals surface area contributed by atoms with Gasteiger partial charge in [-0.15, -0.1) is 0 Å². The number of carbonyl (C=O) groups is 2. The van der Waals surface area contributed by atoms with E-state index in [1.165, 1.54) is 7.11 Å². The minimum absolute atomic E-state index is 0.257. The van der Waals surface area contributed by atoms with Crippen molar-refractivity contribution in [3.63, 3.8) is 0 Å². The fourth-order valence-corrected chi connectivity index (χ4v) is 1.61. The first-order valence-electron chi connectivity index (χ1n) is 6.12. The van der Waals surface area contributed by atoms with Gasteiger partial charge in [-0.05, 0) is 31.0 Å². The van der Waals surface area contributed by atoms with Gasteiger partial charge in [-0.1, -0.05) is 12.1 Å². The molecule has 1 aromatic carbocycles. The highest BCUT2D eigenvalue weighted by Gasteiger charge is 2.09. The molecule has 104 valence electrons. The minimum atomic E-state index is -0.541. The molecule has 0 heterocycles. The lowest BCUT2D eigenvalue weighted by molar-refractivity contribution is -0.143. The van der Waals surface area contributed by atoms with Gasteiger partial charge in [-0.2, -0.15) is 0 Å². The molecule has 0 aromatic heterocycles. The summed E-state index contributed by atoms with van der Waals surface area (Å²) in [6.45, 7) is 4.88. The molecule has 0 radical (unpaired) electrons. The van der Waals surface area contributed by atoms with Crippen LogP contribution >= 0.6 is 0 Å². The molecule has 0 atom stereocenters. The van der Waals surface area contributed by atoms with Crippen molar-refractivity contribution in [3.8, 4) is 5.75 Å². The number of rotatable bonds is 6. The number of carbonyl (C=O) groups excluding carboxylic acids is 2. The van der Waals surface area contributed by atoms with Gasteiger partial charge in [0.25, 0.3) is 0 Å². The second kappa shape index (κ2) is 7.41. The van der Waals surface area contributed by atoms with Gasteiger partial charge in [0.15, 0.2) is 0 Å². The second-order valence-corrected chi connectivity index (χ2v) is 4.06. The van der Waals surface area contributed by atoms with Crippen molar-refractivity contribution < 1.29 is 19.1 Å². The number of hydrogen-bond donors (Lipinski definition) is 1. The van der Waals surface area contributed by atoms with E-state index >= 15 is 0 Å². The zero-order chi connectivity index (χ0) is 14.3. The molecule has 0 aliphatic rings. The van der Waals surface area contributed by atoms with Crippen LogP contribution in [0.3, 0.4) is 0 Å². The summed E-state index contributed by atoms with van der Waals surface area (Å²) in [6.07, 6.45) is -0.257. The summed E-state index contributed by atoms with van der Waals surface area (Å²) in [6, 6.07) is 5.71. The summed E-state index contributed by atoms with van der Waals surface area (Å²) in [4.78, 5) is 22.3. The highest BCUT2D eigenvalue weighted by molar-refractivity contribution is 5.94. The van der Waals surface area contributed by atoms with Gasteiger partial charge in [-0.3, -0.25) is 9.59 Å². The van der Waals surface area contributed by atoms with Crippen LogP contribution in [0, 0.1) is 6.92 Å². The minimum Gasteiger partial charge on any atom is -0.494 e. The molecule has 0 bridgehead atoms. The number of aryl methyl sites for hydroxylation is 1. The number of hydrogen-bond acceptors (Lipinski definition) is 4. The van der Waals surface area contributed by atoms with E-state index in [9.17, 15) is 9.59 Å². The highest BCUT2D eigenvalue weighted by Crippen LogP contribution is 2.18. The summed E-state index contributed by atoms with van der Waals surface area (Å²) in [7, 11) is 1.26. The van der Waals surface area contributed by atoms with Gasteiger partial charge in [0.2, 0.25) is 5.91 Å². The number of methoxy groups -OCH3 is 1.